The SMILES string of the molecule is CC[N+](CC)(CC)Cc1cccc(COc2ccc(C)cc2F)n1. The smallest absolute Gasteiger partial charge is 0.165 e. The van der Waals surface area contributed by atoms with Crippen molar-refractivity contribution < 1.29 is 13.6 Å². The molecule has 0 unspecified atom stereocenters. The standard InChI is InChI=1S/C20H28FN2O/c1-5-23(6-2,7-3)14-17-9-8-10-18(22-17)15-24-20-12-11-16(4)13-19(20)21/h8-13H,5-7,14-15H2,1-4H3/q+1. The van der Waals surface area contributed by atoms with Crippen molar-refractivity contribution in [2.45, 2.75) is 40.8 Å². The van der Waals surface area contributed by atoms with Gasteiger partial charge in [-0.05, 0) is 57.5 Å². The van der Waals surface area contributed by atoms with Crippen LogP contribution in [-0.4, -0.2) is 29.1 Å². The number of benzene rings is 1. The maximum atomic E-state index is 13.8. The van der Waals surface area contributed by atoms with Gasteiger partial charge in [-0.25, -0.2) is 9.37 Å². The normalized spacial score (nSPS) is 11.5. The van der Waals surface area contributed by atoms with Gasteiger partial charge in [0.15, 0.2) is 11.6 Å². The van der Waals surface area contributed by atoms with Gasteiger partial charge >= 0.3 is 0 Å². The van der Waals surface area contributed by atoms with Gasteiger partial charge in [0, 0.05) is 0 Å². The summed E-state index contributed by atoms with van der Waals surface area (Å²) in [6, 6.07) is 11.0. The minimum atomic E-state index is -0.329. The molecule has 0 saturated heterocycles. The van der Waals surface area contributed by atoms with Gasteiger partial charge in [-0.2, -0.15) is 0 Å². The van der Waals surface area contributed by atoms with Gasteiger partial charge in [0.05, 0.1) is 31.0 Å². The highest BCUT2D eigenvalue weighted by Crippen LogP contribution is 2.19. The molecule has 1 aromatic heterocycles. The number of aromatic nitrogens is 1. The van der Waals surface area contributed by atoms with Gasteiger partial charge in [0.1, 0.15) is 13.2 Å². The number of hydrogen-bond acceptors (Lipinski definition) is 2. The molecule has 2 aromatic rings. The van der Waals surface area contributed by atoms with Gasteiger partial charge in [-0.3, -0.25) is 0 Å². The van der Waals surface area contributed by atoms with E-state index in [1.807, 2.05) is 25.1 Å². The van der Waals surface area contributed by atoms with E-state index >= 15 is 0 Å². The minimum absolute atomic E-state index is 0.272. The molecule has 1 heterocycles. The highest BCUT2D eigenvalue weighted by Gasteiger charge is 2.22. The van der Waals surface area contributed by atoms with Crippen LogP contribution in [0.3, 0.4) is 0 Å². The van der Waals surface area contributed by atoms with Crippen LogP contribution in [0.4, 0.5) is 4.39 Å². The molecule has 2 rings (SSSR count). The lowest BCUT2D eigenvalue weighted by Crippen LogP contribution is -2.46. The Hall–Kier alpha value is -1.94. The van der Waals surface area contributed by atoms with E-state index in [0.717, 1.165) is 47.6 Å². The van der Waals surface area contributed by atoms with Crippen LogP contribution >= 0.6 is 0 Å². The van der Waals surface area contributed by atoms with Crippen molar-refractivity contribution in [3.05, 3.63) is 59.2 Å². The molecule has 0 aliphatic rings. The maximum Gasteiger partial charge on any atom is 0.165 e. The molecule has 0 fully saturated rings. The lowest BCUT2D eigenvalue weighted by molar-refractivity contribution is -0.936. The summed E-state index contributed by atoms with van der Waals surface area (Å²) in [5, 5.41) is 0. The van der Waals surface area contributed by atoms with Crippen LogP contribution in [-0.2, 0) is 13.2 Å². The van der Waals surface area contributed by atoms with Gasteiger partial charge in [-0.1, -0.05) is 12.1 Å². The van der Waals surface area contributed by atoms with Crippen LogP contribution in [0.2, 0.25) is 0 Å². The molecular weight excluding hydrogens is 303 g/mol. The van der Waals surface area contributed by atoms with Crippen molar-refractivity contribution in [3.63, 3.8) is 0 Å². The predicted octanol–water partition coefficient (Wildman–Crippen LogP) is 4.48. The summed E-state index contributed by atoms with van der Waals surface area (Å²) in [7, 11) is 0. The van der Waals surface area contributed by atoms with E-state index in [0.29, 0.717) is 0 Å². The van der Waals surface area contributed by atoms with Crippen LogP contribution in [0, 0.1) is 12.7 Å². The van der Waals surface area contributed by atoms with Crippen LogP contribution in [0.25, 0.3) is 0 Å². The van der Waals surface area contributed by atoms with Gasteiger partial charge in [0.2, 0.25) is 0 Å². The molecule has 24 heavy (non-hydrogen) atoms. The summed E-state index contributed by atoms with van der Waals surface area (Å²) < 4.78 is 20.5. The molecule has 0 bridgehead atoms. The van der Waals surface area contributed by atoms with E-state index in [9.17, 15) is 4.39 Å². The lowest BCUT2D eigenvalue weighted by Gasteiger charge is -2.35. The van der Waals surface area contributed by atoms with E-state index in [1.165, 1.54) is 6.07 Å². The zero-order valence-corrected chi connectivity index (χ0v) is 15.2. The van der Waals surface area contributed by atoms with Crippen LogP contribution in [0.15, 0.2) is 36.4 Å². The monoisotopic (exact) mass is 331 g/mol. The highest BCUT2D eigenvalue weighted by molar-refractivity contribution is 5.28. The number of quaternary nitrogens is 1. The molecule has 1 aromatic carbocycles. The molecule has 0 radical (unpaired) electrons. The number of hydrogen-bond donors (Lipinski definition) is 0. The average molecular weight is 331 g/mol. The summed E-state index contributed by atoms with van der Waals surface area (Å²) in [5.74, 6) is -0.0570. The first kappa shape index (κ1) is 18.4. The minimum Gasteiger partial charge on any atom is -0.484 e. The molecule has 3 nitrogen and oxygen atoms in total. The third-order valence-electron chi connectivity index (χ3n) is 4.84. The summed E-state index contributed by atoms with van der Waals surface area (Å²) in [5.41, 5.74) is 2.77. The van der Waals surface area contributed by atoms with Gasteiger partial charge in [0.25, 0.3) is 0 Å². The zero-order chi connectivity index (χ0) is 17.6. The third-order valence-corrected chi connectivity index (χ3v) is 4.84. The lowest BCUT2D eigenvalue weighted by atomic mass is 10.2. The van der Waals surface area contributed by atoms with Crippen molar-refractivity contribution in [1.29, 1.82) is 0 Å². The molecule has 0 aliphatic carbocycles. The first-order valence-corrected chi connectivity index (χ1v) is 8.70. The van der Waals surface area contributed by atoms with Crippen molar-refractivity contribution in [2.75, 3.05) is 19.6 Å². The Morgan fingerprint density at radius 1 is 1.00 bits per heavy atom. The second-order valence-electron chi connectivity index (χ2n) is 6.29. The molecule has 0 aliphatic heterocycles. The number of nitrogens with zero attached hydrogens (tertiary/aromatic N) is 2. The first-order chi connectivity index (χ1) is 11.5. The van der Waals surface area contributed by atoms with E-state index in [1.54, 1.807) is 6.07 Å². The number of aryl methyl sites for hydroxylation is 1. The summed E-state index contributed by atoms with van der Waals surface area (Å²) in [6.45, 7) is 13.0. The molecule has 130 valence electrons. The fourth-order valence-corrected chi connectivity index (χ4v) is 2.92. The number of ether oxygens (including phenoxy) is 1. The topological polar surface area (TPSA) is 22.1 Å². The van der Waals surface area contributed by atoms with Crippen molar-refractivity contribution in [2.24, 2.45) is 0 Å². The summed E-state index contributed by atoms with van der Waals surface area (Å²) in [4.78, 5) is 4.70. The number of rotatable bonds is 8. The molecule has 0 amide bonds. The Kier molecular flexibility index (Phi) is 6.32. The van der Waals surface area contributed by atoms with Gasteiger partial charge < -0.3 is 9.22 Å². The second kappa shape index (κ2) is 8.25. The molecule has 0 saturated carbocycles. The summed E-state index contributed by atoms with van der Waals surface area (Å²) in [6.07, 6.45) is 0. The number of halogens is 1. The molecule has 0 spiro atoms. The second-order valence-corrected chi connectivity index (χ2v) is 6.29. The third kappa shape index (κ3) is 4.54. The van der Waals surface area contributed by atoms with Crippen molar-refractivity contribution in [3.8, 4) is 5.75 Å². The van der Waals surface area contributed by atoms with Crippen molar-refractivity contribution >= 4 is 0 Å². The first-order valence-electron chi connectivity index (χ1n) is 8.70. The number of pyridine rings is 1. The van der Waals surface area contributed by atoms with Gasteiger partial charge in [-0.15, -0.1) is 0 Å². The molecule has 0 atom stereocenters. The van der Waals surface area contributed by atoms with Crippen LogP contribution in [0.5, 0.6) is 5.75 Å². The van der Waals surface area contributed by atoms with Crippen LogP contribution < -0.4 is 4.74 Å². The zero-order valence-electron chi connectivity index (χ0n) is 15.2. The highest BCUT2D eigenvalue weighted by atomic mass is 19.1. The van der Waals surface area contributed by atoms with E-state index < -0.39 is 0 Å². The Morgan fingerprint density at radius 2 is 1.67 bits per heavy atom. The predicted molar refractivity (Wildman–Crippen MR) is 95.3 cm³/mol. The Labute approximate surface area is 144 Å². The molecular formula is C20H28FN2O+. The fourth-order valence-electron chi connectivity index (χ4n) is 2.92. The Bertz CT molecular complexity index is 660. The summed E-state index contributed by atoms with van der Waals surface area (Å²) >= 11 is 0. The quantitative estimate of drug-likeness (QED) is 0.665. The largest absolute Gasteiger partial charge is 0.484 e. The molecule has 0 N–H and O–H groups in total. The average Bonchev–Trinajstić information content (AvgIpc) is 2.59. The Morgan fingerprint density at radius 3 is 2.29 bits per heavy atom. The van der Waals surface area contributed by atoms with E-state index in [-0.39, 0.29) is 18.2 Å². The Balaban J connectivity index is 2.07. The van der Waals surface area contributed by atoms with E-state index in [4.69, 9.17) is 9.72 Å². The molecule has 4 heteroatoms. The van der Waals surface area contributed by atoms with E-state index in [2.05, 4.69) is 26.8 Å². The maximum absolute atomic E-state index is 13.8. The van der Waals surface area contributed by atoms with Crippen molar-refractivity contribution in [1.82, 2.24) is 4.98 Å². The van der Waals surface area contributed by atoms with Crippen LogP contribution in [0.1, 0.15) is 37.7 Å². The fraction of sp³-hybridized carbons (Fsp3) is 0.450.